The molecule has 0 aromatic carbocycles. The van der Waals surface area contributed by atoms with Crippen LogP contribution < -0.4 is 0 Å². The SMILES string of the molecule is CCOCCOC(=O)/C=C/CN1CCOCC1. The summed E-state index contributed by atoms with van der Waals surface area (Å²) < 4.78 is 15.2. The van der Waals surface area contributed by atoms with Gasteiger partial charge in [0.15, 0.2) is 0 Å². The van der Waals surface area contributed by atoms with Gasteiger partial charge in [-0.2, -0.15) is 0 Å². The number of ether oxygens (including phenoxy) is 3. The van der Waals surface area contributed by atoms with Crippen molar-refractivity contribution in [1.82, 2.24) is 4.90 Å². The lowest BCUT2D eigenvalue weighted by Crippen LogP contribution is -2.36. The van der Waals surface area contributed by atoms with Crippen LogP contribution in [0, 0.1) is 0 Å². The molecular formula is C12H21NO4. The third-order valence-electron chi connectivity index (χ3n) is 2.40. The lowest BCUT2D eigenvalue weighted by Gasteiger charge is -2.24. The predicted molar refractivity (Wildman–Crippen MR) is 63.9 cm³/mol. The molecule has 0 unspecified atom stereocenters. The molecule has 0 aromatic heterocycles. The minimum atomic E-state index is -0.307. The van der Waals surface area contributed by atoms with Crippen molar-refractivity contribution in [2.45, 2.75) is 6.92 Å². The number of nitrogens with zero attached hydrogens (tertiary/aromatic N) is 1. The van der Waals surface area contributed by atoms with Crippen LogP contribution in [0.2, 0.25) is 0 Å². The van der Waals surface area contributed by atoms with E-state index in [1.54, 1.807) is 0 Å². The number of rotatable bonds is 7. The van der Waals surface area contributed by atoms with Crippen LogP contribution in [0.25, 0.3) is 0 Å². The fourth-order valence-corrected chi connectivity index (χ4v) is 1.48. The Hall–Kier alpha value is -0.910. The zero-order chi connectivity index (χ0) is 12.3. The molecule has 0 bridgehead atoms. The van der Waals surface area contributed by atoms with Crippen LogP contribution in [0.5, 0.6) is 0 Å². The summed E-state index contributed by atoms with van der Waals surface area (Å²) >= 11 is 0. The summed E-state index contributed by atoms with van der Waals surface area (Å²) in [7, 11) is 0. The summed E-state index contributed by atoms with van der Waals surface area (Å²) in [4.78, 5) is 13.5. The van der Waals surface area contributed by atoms with Crippen molar-refractivity contribution < 1.29 is 19.0 Å². The molecule has 1 aliphatic rings. The Balaban J connectivity index is 2.04. The van der Waals surface area contributed by atoms with E-state index in [-0.39, 0.29) is 5.97 Å². The summed E-state index contributed by atoms with van der Waals surface area (Å²) in [6, 6.07) is 0. The van der Waals surface area contributed by atoms with Gasteiger partial charge in [0.05, 0.1) is 19.8 Å². The van der Waals surface area contributed by atoms with Crippen LogP contribution in [0.3, 0.4) is 0 Å². The van der Waals surface area contributed by atoms with E-state index < -0.39 is 0 Å². The monoisotopic (exact) mass is 243 g/mol. The first-order chi connectivity index (χ1) is 8.33. The molecule has 0 spiro atoms. The number of esters is 1. The van der Waals surface area contributed by atoms with Gasteiger partial charge in [-0.05, 0) is 6.92 Å². The van der Waals surface area contributed by atoms with Crippen molar-refractivity contribution in [3.8, 4) is 0 Å². The maximum absolute atomic E-state index is 11.2. The Morgan fingerprint density at radius 2 is 2.12 bits per heavy atom. The average molecular weight is 243 g/mol. The molecule has 0 aromatic rings. The highest BCUT2D eigenvalue weighted by Crippen LogP contribution is 1.96. The Bertz CT molecular complexity index is 237. The molecule has 17 heavy (non-hydrogen) atoms. The molecule has 0 amide bonds. The van der Waals surface area contributed by atoms with Crippen molar-refractivity contribution in [2.75, 3.05) is 52.7 Å². The van der Waals surface area contributed by atoms with Gasteiger partial charge in [-0.3, -0.25) is 4.90 Å². The summed E-state index contributed by atoms with van der Waals surface area (Å²) in [5, 5.41) is 0. The smallest absolute Gasteiger partial charge is 0.330 e. The van der Waals surface area contributed by atoms with E-state index in [0.29, 0.717) is 19.8 Å². The predicted octanol–water partition coefficient (Wildman–Crippen LogP) is 0.455. The second-order valence-electron chi connectivity index (χ2n) is 3.68. The molecule has 1 fully saturated rings. The summed E-state index contributed by atoms with van der Waals surface area (Å²) in [5.74, 6) is -0.307. The fraction of sp³-hybridized carbons (Fsp3) is 0.750. The zero-order valence-electron chi connectivity index (χ0n) is 10.4. The molecule has 1 aliphatic heterocycles. The molecule has 5 nitrogen and oxygen atoms in total. The molecule has 5 heteroatoms. The van der Waals surface area contributed by atoms with Crippen molar-refractivity contribution in [2.24, 2.45) is 0 Å². The quantitative estimate of drug-likeness (QED) is 0.369. The van der Waals surface area contributed by atoms with Crippen LogP contribution >= 0.6 is 0 Å². The first-order valence-corrected chi connectivity index (χ1v) is 6.04. The normalized spacial score (nSPS) is 17.5. The van der Waals surface area contributed by atoms with Crippen LogP contribution in [0.1, 0.15) is 6.92 Å². The number of hydrogen-bond acceptors (Lipinski definition) is 5. The molecule has 0 radical (unpaired) electrons. The molecule has 0 saturated carbocycles. The van der Waals surface area contributed by atoms with Crippen molar-refractivity contribution in [3.63, 3.8) is 0 Å². The van der Waals surface area contributed by atoms with E-state index in [2.05, 4.69) is 4.90 Å². The highest BCUT2D eigenvalue weighted by molar-refractivity contribution is 5.81. The fourth-order valence-electron chi connectivity index (χ4n) is 1.48. The summed E-state index contributed by atoms with van der Waals surface area (Å²) in [6.07, 6.45) is 3.30. The van der Waals surface area contributed by atoms with Crippen LogP contribution in [0.4, 0.5) is 0 Å². The van der Waals surface area contributed by atoms with E-state index in [1.165, 1.54) is 6.08 Å². The number of carbonyl (C=O) groups excluding carboxylic acids is 1. The molecule has 0 aliphatic carbocycles. The molecule has 1 heterocycles. The third-order valence-corrected chi connectivity index (χ3v) is 2.40. The largest absolute Gasteiger partial charge is 0.460 e. The van der Waals surface area contributed by atoms with Gasteiger partial charge in [0.25, 0.3) is 0 Å². The topological polar surface area (TPSA) is 48.0 Å². The van der Waals surface area contributed by atoms with Crippen LogP contribution in [-0.4, -0.2) is 63.5 Å². The lowest BCUT2D eigenvalue weighted by atomic mass is 10.4. The van der Waals surface area contributed by atoms with E-state index >= 15 is 0 Å². The second-order valence-corrected chi connectivity index (χ2v) is 3.68. The van der Waals surface area contributed by atoms with Gasteiger partial charge in [0.2, 0.25) is 0 Å². The van der Waals surface area contributed by atoms with Gasteiger partial charge in [-0.1, -0.05) is 6.08 Å². The van der Waals surface area contributed by atoms with E-state index in [9.17, 15) is 4.79 Å². The molecule has 0 N–H and O–H groups in total. The van der Waals surface area contributed by atoms with E-state index in [0.717, 1.165) is 32.8 Å². The molecule has 1 saturated heterocycles. The second kappa shape index (κ2) is 9.15. The van der Waals surface area contributed by atoms with Crippen LogP contribution in [-0.2, 0) is 19.0 Å². The van der Waals surface area contributed by atoms with Gasteiger partial charge in [0.1, 0.15) is 6.61 Å². The van der Waals surface area contributed by atoms with Gasteiger partial charge < -0.3 is 14.2 Å². The molecule has 98 valence electrons. The Kier molecular flexibility index (Phi) is 7.62. The van der Waals surface area contributed by atoms with Crippen molar-refractivity contribution in [1.29, 1.82) is 0 Å². The standard InChI is InChI=1S/C12H21NO4/c1-2-15-10-11-17-12(14)4-3-5-13-6-8-16-9-7-13/h3-4H,2,5-11H2,1H3/b4-3+. The highest BCUT2D eigenvalue weighted by atomic mass is 16.6. The maximum atomic E-state index is 11.2. The first-order valence-electron chi connectivity index (χ1n) is 6.04. The maximum Gasteiger partial charge on any atom is 0.330 e. The van der Waals surface area contributed by atoms with Crippen molar-refractivity contribution >= 4 is 5.97 Å². The number of morpholine rings is 1. The average Bonchev–Trinajstić information content (AvgIpc) is 2.36. The Labute approximate surface area is 102 Å². The number of hydrogen-bond donors (Lipinski definition) is 0. The minimum absolute atomic E-state index is 0.307. The van der Waals surface area contributed by atoms with E-state index in [4.69, 9.17) is 14.2 Å². The van der Waals surface area contributed by atoms with Gasteiger partial charge in [0, 0.05) is 32.3 Å². The van der Waals surface area contributed by atoms with E-state index in [1.807, 2.05) is 13.0 Å². The lowest BCUT2D eigenvalue weighted by molar-refractivity contribution is -0.139. The van der Waals surface area contributed by atoms with Gasteiger partial charge in [-0.15, -0.1) is 0 Å². The molecule has 0 atom stereocenters. The molecule has 1 rings (SSSR count). The Morgan fingerprint density at radius 1 is 1.35 bits per heavy atom. The van der Waals surface area contributed by atoms with Crippen LogP contribution in [0.15, 0.2) is 12.2 Å². The van der Waals surface area contributed by atoms with Crippen molar-refractivity contribution in [3.05, 3.63) is 12.2 Å². The molecular weight excluding hydrogens is 222 g/mol. The highest BCUT2D eigenvalue weighted by Gasteiger charge is 2.07. The Morgan fingerprint density at radius 3 is 2.82 bits per heavy atom. The number of carbonyl (C=O) groups is 1. The minimum Gasteiger partial charge on any atom is -0.460 e. The zero-order valence-corrected chi connectivity index (χ0v) is 10.4. The third kappa shape index (κ3) is 7.10. The van der Waals surface area contributed by atoms with Gasteiger partial charge in [-0.25, -0.2) is 4.79 Å². The first kappa shape index (κ1) is 14.2. The summed E-state index contributed by atoms with van der Waals surface area (Å²) in [5.41, 5.74) is 0. The van der Waals surface area contributed by atoms with Gasteiger partial charge >= 0.3 is 5.97 Å². The summed E-state index contributed by atoms with van der Waals surface area (Å²) in [6.45, 7) is 7.47.